The van der Waals surface area contributed by atoms with Crippen LogP contribution < -0.4 is 11.1 Å². The minimum absolute atomic E-state index is 0.204. The predicted molar refractivity (Wildman–Crippen MR) is 75.3 cm³/mol. The second kappa shape index (κ2) is 5.71. The van der Waals surface area contributed by atoms with Crippen LogP contribution >= 0.6 is 0 Å². The van der Waals surface area contributed by atoms with Gasteiger partial charge in [0.2, 0.25) is 5.91 Å². The average Bonchev–Trinajstić information content (AvgIpc) is 2.35. The fraction of sp³-hybridized carbons (Fsp3) is 0.462. The lowest BCUT2D eigenvalue weighted by Gasteiger charge is -2.25. The number of amides is 1. The Morgan fingerprint density at radius 1 is 1.32 bits per heavy atom. The first-order valence-corrected chi connectivity index (χ1v) is 7.85. The zero-order valence-electron chi connectivity index (χ0n) is 11.4. The van der Waals surface area contributed by atoms with Crippen LogP contribution in [-0.2, 0) is 14.6 Å². The molecular weight excluding hydrogens is 264 g/mol. The van der Waals surface area contributed by atoms with Crippen molar-refractivity contribution in [3.63, 3.8) is 0 Å². The van der Waals surface area contributed by atoms with E-state index in [-0.39, 0.29) is 6.54 Å². The van der Waals surface area contributed by atoms with Gasteiger partial charge in [-0.1, -0.05) is 30.3 Å². The summed E-state index contributed by atoms with van der Waals surface area (Å²) in [5.74, 6) is -0.547. The highest BCUT2D eigenvalue weighted by Gasteiger charge is 2.39. The molecule has 0 radical (unpaired) electrons. The van der Waals surface area contributed by atoms with Gasteiger partial charge in [0, 0.05) is 12.8 Å². The van der Waals surface area contributed by atoms with Crippen LogP contribution in [0.5, 0.6) is 0 Å². The first-order valence-electron chi connectivity index (χ1n) is 5.95. The monoisotopic (exact) mass is 284 g/mol. The first kappa shape index (κ1) is 15.7. The summed E-state index contributed by atoms with van der Waals surface area (Å²) in [4.78, 5) is 12.1. The summed E-state index contributed by atoms with van der Waals surface area (Å²) in [6.07, 6.45) is 1.05. The third-order valence-electron chi connectivity index (χ3n) is 3.22. The molecule has 1 aromatic rings. The van der Waals surface area contributed by atoms with Crippen LogP contribution in [0.3, 0.4) is 0 Å². The molecule has 0 bridgehead atoms. The lowest BCUT2D eigenvalue weighted by molar-refractivity contribution is -0.123. The summed E-state index contributed by atoms with van der Waals surface area (Å²) in [6, 6.07) is 8.82. The number of benzene rings is 1. The maximum atomic E-state index is 12.1. The molecule has 1 aromatic carbocycles. The van der Waals surface area contributed by atoms with Gasteiger partial charge in [-0.15, -0.1) is 0 Å². The van der Waals surface area contributed by atoms with E-state index in [1.165, 1.54) is 13.8 Å². The van der Waals surface area contributed by atoms with Gasteiger partial charge in [-0.05, 0) is 19.4 Å². The van der Waals surface area contributed by atoms with Crippen molar-refractivity contribution < 1.29 is 13.2 Å². The Labute approximate surface area is 114 Å². The second-order valence-corrected chi connectivity index (χ2v) is 7.52. The molecule has 0 aliphatic heterocycles. The molecule has 0 fully saturated rings. The van der Waals surface area contributed by atoms with E-state index < -0.39 is 26.5 Å². The average molecular weight is 284 g/mol. The van der Waals surface area contributed by atoms with Crippen molar-refractivity contribution in [3.05, 3.63) is 35.9 Å². The Bertz CT molecular complexity index is 538. The maximum absolute atomic E-state index is 12.1. The summed E-state index contributed by atoms with van der Waals surface area (Å²) in [6.45, 7) is 2.97. The Hall–Kier alpha value is -1.40. The zero-order chi connectivity index (χ0) is 14.7. The molecule has 19 heavy (non-hydrogen) atoms. The van der Waals surface area contributed by atoms with E-state index in [1.807, 2.05) is 30.3 Å². The Morgan fingerprint density at radius 3 is 2.26 bits per heavy atom. The molecule has 3 N–H and O–H groups in total. The molecule has 1 rings (SSSR count). The van der Waals surface area contributed by atoms with Crippen LogP contribution in [0.25, 0.3) is 0 Å². The zero-order valence-corrected chi connectivity index (χ0v) is 12.2. The van der Waals surface area contributed by atoms with Gasteiger partial charge in [0.1, 0.15) is 4.75 Å². The molecule has 1 amide bonds. The maximum Gasteiger partial charge on any atom is 0.241 e. The highest BCUT2D eigenvalue weighted by atomic mass is 32.2. The largest absolute Gasteiger partial charge is 0.347 e. The normalized spacial score (nSPS) is 13.9. The summed E-state index contributed by atoms with van der Waals surface area (Å²) in [5.41, 5.74) is 6.49. The summed E-state index contributed by atoms with van der Waals surface area (Å²) in [7, 11) is -3.49. The minimum Gasteiger partial charge on any atom is -0.347 e. The van der Waals surface area contributed by atoms with Crippen molar-refractivity contribution in [2.24, 2.45) is 5.73 Å². The standard InChI is InChI=1S/C13H20N2O3S/c1-13(2,19(3,17)18)12(16)15-11(9-14)10-7-5-4-6-8-10/h4-8,11H,9,14H2,1-3H3,(H,15,16). The molecule has 0 saturated carbocycles. The summed E-state index contributed by atoms with van der Waals surface area (Å²) < 4.78 is 21.7. The van der Waals surface area contributed by atoms with Crippen molar-refractivity contribution in [1.82, 2.24) is 5.32 Å². The molecule has 0 aromatic heterocycles. The molecule has 0 aliphatic carbocycles. The van der Waals surface area contributed by atoms with Crippen LogP contribution in [0.15, 0.2) is 30.3 Å². The summed E-state index contributed by atoms with van der Waals surface area (Å²) in [5, 5.41) is 2.69. The topological polar surface area (TPSA) is 89.3 Å². The number of nitrogens with two attached hydrogens (primary N) is 1. The number of nitrogens with one attached hydrogen (secondary N) is 1. The van der Waals surface area contributed by atoms with Crippen molar-refractivity contribution in [1.29, 1.82) is 0 Å². The van der Waals surface area contributed by atoms with Crippen molar-refractivity contribution >= 4 is 15.7 Å². The molecular formula is C13H20N2O3S. The fourth-order valence-corrected chi connectivity index (χ4v) is 1.86. The van der Waals surface area contributed by atoms with Crippen LogP contribution in [0.2, 0.25) is 0 Å². The van der Waals surface area contributed by atoms with E-state index in [2.05, 4.69) is 5.32 Å². The fourth-order valence-electron chi connectivity index (χ4n) is 1.46. The van der Waals surface area contributed by atoms with Gasteiger partial charge in [-0.2, -0.15) is 0 Å². The van der Waals surface area contributed by atoms with Gasteiger partial charge in [0.15, 0.2) is 9.84 Å². The molecule has 0 heterocycles. The van der Waals surface area contributed by atoms with Crippen LogP contribution in [-0.4, -0.2) is 31.9 Å². The van der Waals surface area contributed by atoms with Crippen molar-refractivity contribution in [2.45, 2.75) is 24.6 Å². The summed E-state index contributed by atoms with van der Waals surface area (Å²) >= 11 is 0. The SMILES string of the molecule is CC(C)(C(=O)NC(CN)c1ccccc1)S(C)(=O)=O. The van der Waals surface area contributed by atoms with E-state index in [0.29, 0.717) is 0 Å². The van der Waals surface area contributed by atoms with Crippen LogP contribution in [0.1, 0.15) is 25.5 Å². The molecule has 106 valence electrons. The molecule has 1 atom stereocenters. The second-order valence-electron chi connectivity index (χ2n) is 4.95. The number of rotatable bonds is 5. The van der Waals surface area contributed by atoms with E-state index in [9.17, 15) is 13.2 Å². The number of hydrogen-bond donors (Lipinski definition) is 2. The Balaban J connectivity index is 2.92. The van der Waals surface area contributed by atoms with Crippen LogP contribution in [0, 0.1) is 0 Å². The van der Waals surface area contributed by atoms with Gasteiger partial charge in [-0.3, -0.25) is 4.79 Å². The number of carbonyl (C=O) groups excluding carboxylic acids is 1. The third-order valence-corrected chi connectivity index (χ3v) is 5.26. The Kier molecular flexibility index (Phi) is 4.70. The highest BCUT2D eigenvalue weighted by Crippen LogP contribution is 2.18. The minimum atomic E-state index is -3.49. The molecule has 5 nitrogen and oxygen atoms in total. The Morgan fingerprint density at radius 2 is 1.84 bits per heavy atom. The molecule has 0 aliphatic rings. The first-order chi connectivity index (χ1) is 8.70. The lowest BCUT2D eigenvalue weighted by atomic mass is 10.1. The van der Waals surface area contributed by atoms with E-state index >= 15 is 0 Å². The molecule has 0 spiro atoms. The van der Waals surface area contributed by atoms with Gasteiger partial charge in [-0.25, -0.2) is 8.42 Å². The number of carbonyl (C=O) groups is 1. The van der Waals surface area contributed by atoms with Gasteiger partial charge < -0.3 is 11.1 Å². The van der Waals surface area contributed by atoms with Crippen molar-refractivity contribution in [3.8, 4) is 0 Å². The third kappa shape index (κ3) is 3.54. The van der Waals surface area contributed by atoms with Gasteiger partial charge >= 0.3 is 0 Å². The number of hydrogen-bond acceptors (Lipinski definition) is 4. The van der Waals surface area contributed by atoms with E-state index in [4.69, 9.17) is 5.73 Å². The number of sulfone groups is 1. The quantitative estimate of drug-likeness (QED) is 0.829. The van der Waals surface area contributed by atoms with Gasteiger partial charge in [0.25, 0.3) is 0 Å². The van der Waals surface area contributed by atoms with E-state index in [0.717, 1.165) is 11.8 Å². The highest BCUT2D eigenvalue weighted by molar-refractivity contribution is 7.92. The van der Waals surface area contributed by atoms with E-state index in [1.54, 1.807) is 0 Å². The van der Waals surface area contributed by atoms with Crippen molar-refractivity contribution in [2.75, 3.05) is 12.8 Å². The molecule has 6 heteroatoms. The lowest BCUT2D eigenvalue weighted by Crippen LogP contribution is -2.49. The van der Waals surface area contributed by atoms with Gasteiger partial charge in [0.05, 0.1) is 6.04 Å². The predicted octanol–water partition coefficient (Wildman–Crippen LogP) is 0.626. The molecule has 0 saturated heterocycles. The smallest absolute Gasteiger partial charge is 0.241 e. The van der Waals surface area contributed by atoms with Crippen LogP contribution in [0.4, 0.5) is 0 Å². The molecule has 1 unspecified atom stereocenters.